The number of rotatable bonds is 7. The Morgan fingerprint density at radius 1 is 1.12 bits per heavy atom. The Morgan fingerprint density at radius 3 is 2.42 bits per heavy atom. The van der Waals surface area contributed by atoms with Crippen LogP contribution in [0.25, 0.3) is 0 Å². The maximum Gasteiger partial charge on any atom is 0.335 e. The Labute approximate surface area is 140 Å². The minimum Gasteiger partial charge on any atom is -0.478 e. The van der Waals surface area contributed by atoms with Crippen LogP contribution in [0.1, 0.15) is 34.8 Å². The molecule has 0 aliphatic rings. The Morgan fingerprint density at radius 2 is 1.79 bits per heavy atom. The Kier molecular flexibility index (Phi) is 6.07. The fourth-order valence-corrected chi connectivity index (χ4v) is 2.33. The summed E-state index contributed by atoms with van der Waals surface area (Å²) in [6.07, 6.45) is 1.07. The molecule has 2 N–H and O–H groups in total. The highest BCUT2D eigenvalue weighted by Gasteiger charge is 2.13. The van der Waals surface area contributed by atoms with Crippen molar-refractivity contribution in [2.45, 2.75) is 26.3 Å². The van der Waals surface area contributed by atoms with Gasteiger partial charge in [0.05, 0.1) is 5.56 Å². The maximum absolute atomic E-state index is 13.6. The van der Waals surface area contributed by atoms with Gasteiger partial charge in [0.2, 0.25) is 5.91 Å². The van der Waals surface area contributed by atoms with Crippen LogP contribution in [0.15, 0.2) is 48.5 Å². The minimum atomic E-state index is -0.979. The zero-order valence-electron chi connectivity index (χ0n) is 13.5. The van der Waals surface area contributed by atoms with E-state index in [4.69, 9.17) is 5.11 Å². The predicted octanol–water partition coefficient (Wildman–Crippen LogP) is 3.41. The van der Waals surface area contributed by atoms with Gasteiger partial charge in [-0.25, -0.2) is 9.18 Å². The quantitative estimate of drug-likeness (QED) is 0.818. The lowest BCUT2D eigenvalue weighted by Gasteiger charge is -2.12. The number of halogens is 1. The van der Waals surface area contributed by atoms with Crippen molar-refractivity contribution in [3.8, 4) is 0 Å². The third-order valence-corrected chi connectivity index (χ3v) is 3.92. The van der Waals surface area contributed by atoms with Crippen molar-refractivity contribution in [1.29, 1.82) is 0 Å². The van der Waals surface area contributed by atoms with Gasteiger partial charge in [0.15, 0.2) is 0 Å². The zero-order valence-corrected chi connectivity index (χ0v) is 13.5. The van der Waals surface area contributed by atoms with Crippen LogP contribution in [0.2, 0.25) is 0 Å². The van der Waals surface area contributed by atoms with Crippen LogP contribution in [-0.4, -0.2) is 17.0 Å². The van der Waals surface area contributed by atoms with Gasteiger partial charge in [-0.05, 0) is 42.2 Å². The summed E-state index contributed by atoms with van der Waals surface area (Å²) in [5.41, 5.74) is 1.65. The van der Waals surface area contributed by atoms with Gasteiger partial charge in [0, 0.05) is 12.5 Å². The molecule has 2 rings (SSSR count). The van der Waals surface area contributed by atoms with Crippen molar-refractivity contribution in [3.63, 3.8) is 0 Å². The van der Waals surface area contributed by atoms with E-state index in [-0.39, 0.29) is 23.2 Å². The van der Waals surface area contributed by atoms with Crippen LogP contribution < -0.4 is 5.32 Å². The molecule has 4 nitrogen and oxygen atoms in total. The van der Waals surface area contributed by atoms with E-state index < -0.39 is 5.97 Å². The molecular formula is C19H20FNO3. The summed E-state index contributed by atoms with van der Waals surface area (Å²) in [6, 6.07) is 12.9. The van der Waals surface area contributed by atoms with Crippen LogP contribution in [0, 0.1) is 11.7 Å². The number of hydrogen-bond acceptors (Lipinski definition) is 2. The number of carboxylic acids is 1. The molecule has 2 aromatic carbocycles. The number of aromatic carboxylic acids is 1. The topological polar surface area (TPSA) is 66.4 Å². The number of carbonyl (C=O) groups excluding carboxylic acids is 1. The maximum atomic E-state index is 13.6. The molecule has 0 spiro atoms. The van der Waals surface area contributed by atoms with Crippen LogP contribution in [0.3, 0.4) is 0 Å². The van der Waals surface area contributed by atoms with Crippen molar-refractivity contribution in [2.75, 3.05) is 0 Å². The summed E-state index contributed by atoms with van der Waals surface area (Å²) in [7, 11) is 0. The highest BCUT2D eigenvalue weighted by atomic mass is 19.1. The monoisotopic (exact) mass is 329 g/mol. The van der Waals surface area contributed by atoms with E-state index in [0.717, 1.165) is 5.56 Å². The summed E-state index contributed by atoms with van der Waals surface area (Å²) in [6.45, 7) is 2.15. The molecule has 5 heteroatoms. The minimum absolute atomic E-state index is 0.103. The van der Waals surface area contributed by atoms with E-state index in [0.29, 0.717) is 24.9 Å². The van der Waals surface area contributed by atoms with Crippen molar-refractivity contribution in [3.05, 3.63) is 71.0 Å². The van der Waals surface area contributed by atoms with Gasteiger partial charge >= 0.3 is 5.97 Å². The van der Waals surface area contributed by atoms with Crippen molar-refractivity contribution >= 4 is 11.9 Å². The number of carbonyl (C=O) groups is 2. The third-order valence-electron chi connectivity index (χ3n) is 3.92. The molecule has 0 saturated heterocycles. The van der Waals surface area contributed by atoms with Gasteiger partial charge in [-0.3, -0.25) is 4.79 Å². The first-order chi connectivity index (χ1) is 11.5. The molecule has 24 heavy (non-hydrogen) atoms. The van der Waals surface area contributed by atoms with E-state index in [1.54, 1.807) is 30.3 Å². The standard InChI is InChI=1S/C19H20FNO3/c1-13(6-9-15-4-2-3-5-17(15)20)18(22)21-12-14-7-10-16(11-8-14)19(23)24/h2-5,7-8,10-11,13H,6,9,12H2,1H3,(H,21,22)(H,23,24). The average molecular weight is 329 g/mol. The first kappa shape index (κ1) is 17.7. The number of aryl methyl sites for hydroxylation is 1. The average Bonchev–Trinajstić information content (AvgIpc) is 2.59. The second-order valence-corrected chi connectivity index (χ2v) is 5.75. The fourth-order valence-electron chi connectivity index (χ4n) is 2.33. The number of nitrogens with one attached hydrogen (secondary N) is 1. The molecule has 0 fully saturated rings. The van der Waals surface area contributed by atoms with Crippen LogP contribution in [0.5, 0.6) is 0 Å². The normalized spacial score (nSPS) is 11.8. The van der Waals surface area contributed by atoms with Crippen molar-refractivity contribution < 1.29 is 19.1 Å². The molecule has 2 aromatic rings. The van der Waals surface area contributed by atoms with E-state index in [9.17, 15) is 14.0 Å². The first-order valence-electron chi connectivity index (χ1n) is 7.80. The van der Waals surface area contributed by atoms with E-state index in [1.165, 1.54) is 18.2 Å². The van der Waals surface area contributed by atoms with Gasteiger partial charge < -0.3 is 10.4 Å². The Hall–Kier alpha value is -2.69. The van der Waals surface area contributed by atoms with Gasteiger partial charge in [0.1, 0.15) is 5.82 Å². The number of carboxylic acid groups (broad SMARTS) is 1. The lowest BCUT2D eigenvalue weighted by Crippen LogP contribution is -2.29. The molecule has 1 amide bonds. The lowest BCUT2D eigenvalue weighted by molar-refractivity contribution is -0.124. The summed E-state index contributed by atoms with van der Waals surface area (Å²) < 4.78 is 13.6. The van der Waals surface area contributed by atoms with Crippen molar-refractivity contribution in [1.82, 2.24) is 5.32 Å². The van der Waals surface area contributed by atoms with E-state index in [1.807, 2.05) is 6.92 Å². The van der Waals surface area contributed by atoms with Crippen molar-refractivity contribution in [2.24, 2.45) is 5.92 Å². The summed E-state index contributed by atoms with van der Waals surface area (Å²) >= 11 is 0. The molecular weight excluding hydrogens is 309 g/mol. The molecule has 0 bridgehead atoms. The Balaban J connectivity index is 1.81. The van der Waals surface area contributed by atoms with Gasteiger partial charge in [-0.15, -0.1) is 0 Å². The van der Waals surface area contributed by atoms with Gasteiger partial charge in [-0.2, -0.15) is 0 Å². The highest BCUT2D eigenvalue weighted by Crippen LogP contribution is 2.13. The molecule has 0 heterocycles. The third kappa shape index (κ3) is 4.91. The molecule has 0 radical (unpaired) electrons. The number of amides is 1. The summed E-state index contributed by atoms with van der Waals surface area (Å²) in [4.78, 5) is 22.9. The Bertz CT molecular complexity index is 713. The second kappa shape index (κ2) is 8.24. The number of hydrogen-bond donors (Lipinski definition) is 2. The molecule has 0 aromatic heterocycles. The largest absolute Gasteiger partial charge is 0.478 e. The number of benzene rings is 2. The van der Waals surface area contributed by atoms with Gasteiger partial charge in [-0.1, -0.05) is 37.3 Å². The fraction of sp³-hybridized carbons (Fsp3) is 0.263. The lowest BCUT2D eigenvalue weighted by atomic mass is 10.00. The predicted molar refractivity (Wildman–Crippen MR) is 89.1 cm³/mol. The van der Waals surface area contributed by atoms with Gasteiger partial charge in [0.25, 0.3) is 0 Å². The SMILES string of the molecule is CC(CCc1ccccc1F)C(=O)NCc1ccc(C(=O)O)cc1. The van der Waals surface area contributed by atoms with Crippen LogP contribution in [0.4, 0.5) is 4.39 Å². The van der Waals surface area contributed by atoms with Crippen LogP contribution in [-0.2, 0) is 17.8 Å². The molecule has 1 atom stereocenters. The second-order valence-electron chi connectivity index (χ2n) is 5.75. The van der Waals surface area contributed by atoms with E-state index >= 15 is 0 Å². The summed E-state index contributed by atoms with van der Waals surface area (Å²) in [5, 5.41) is 11.7. The molecule has 0 aliphatic heterocycles. The first-order valence-corrected chi connectivity index (χ1v) is 7.80. The molecule has 1 unspecified atom stereocenters. The molecule has 126 valence electrons. The smallest absolute Gasteiger partial charge is 0.335 e. The zero-order chi connectivity index (χ0) is 17.5. The highest BCUT2D eigenvalue weighted by molar-refractivity contribution is 5.87. The molecule has 0 saturated carbocycles. The van der Waals surface area contributed by atoms with Crippen LogP contribution >= 0.6 is 0 Å². The van der Waals surface area contributed by atoms with E-state index in [2.05, 4.69) is 5.32 Å². The molecule has 0 aliphatic carbocycles. The summed E-state index contributed by atoms with van der Waals surface area (Å²) in [5.74, 6) is -1.56.